The monoisotopic (exact) mass is 270 g/mol. The van der Waals surface area contributed by atoms with Crippen molar-refractivity contribution in [3.63, 3.8) is 0 Å². The maximum absolute atomic E-state index is 5.43. The molecule has 0 fully saturated rings. The molecule has 0 saturated carbocycles. The van der Waals surface area contributed by atoms with Gasteiger partial charge in [-0.05, 0) is 37.7 Å². The summed E-state index contributed by atoms with van der Waals surface area (Å²) in [5.41, 5.74) is 3.96. The molecule has 2 aromatic rings. The van der Waals surface area contributed by atoms with Gasteiger partial charge in [-0.25, -0.2) is 4.98 Å². The number of nitrogens with zero attached hydrogens (tertiary/aromatic N) is 1. The van der Waals surface area contributed by atoms with Crippen LogP contribution >= 0.6 is 12.2 Å². The van der Waals surface area contributed by atoms with E-state index in [2.05, 4.69) is 34.2 Å². The lowest BCUT2D eigenvalue weighted by molar-refractivity contribution is 0.649. The first-order valence-corrected chi connectivity index (χ1v) is 7.38. The number of nitrogens with one attached hydrogen (secondary N) is 1. The Balaban J connectivity index is 1.78. The average molecular weight is 270 g/mol. The summed E-state index contributed by atoms with van der Waals surface area (Å²) in [7, 11) is 0. The molecule has 1 aliphatic carbocycles. The van der Waals surface area contributed by atoms with Crippen LogP contribution in [-0.2, 0) is 25.7 Å². The van der Waals surface area contributed by atoms with Gasteiger partial charge in [0.25, 0.3) is 0 Å². The highest BCUT2D eigenvalue weighted by Crippen LogP contribution is 2.20. The van der Waals surface area contributed by atoms with Crippen LogP contribution in [0.15, 0.2) is 30.3 Å². The van der Waals surface area contributed by atoms with E-state index in [0.717, 1.165) is 36.1 Å². The van der Waals surface area contributed by atoms with Crippen LogP contribution < -0.4 is 0 Å². The first-order valence-electron chi connectivity index (χ1n) is 6.98. The number of hydrogen-bond acceptors (Lipinski definition) is 2. The molecule has 1 aliphatic rings. The molecular formula is C16H18N2S. The zero-order valence-corrected chi connectivity index (χ0v) is 11.8. The molecule has 0 radical (unpaired) electrons. The highest BCUT2D eigenvalue weighted by Gasteiger charge is 2.13. The van der Waals surface area contributed by atoms with Crippen LogP contribution in [0.2, 0.25) is 0 Å². The molecule has 0 aliphatic heterocycles. The van der Waals surface area contributed by atoms with Crippen molar-refractivity contribution in [3.8, 4) is 0 Å². The summed E-state index contributed by atoms with van der Waals surface area (Å²) in [4.78, 5) is 8.06. The topological polar surface area (TPSA) is 28.7 Å². The maximum Gasteiger partial charge on any atom is 0.133 e. The smallest absolute Gasteiger partial charge is 0.133 e. The molecule has 0 atom stereocenters. The highest BCUT2D eigenvalue weighted by atomic mass is 32.1. The van der Waals surface area contributed by atoms with Crippen LogP contribution in [0, 0.1) is 4.64 Å². The summed E-state index contributed by atoms with van der Waals surface area (Å²) in [6.07, 6.45) is 6.67. The Kier molecular flexibility index (Phi) is 3.74. The van der Waals surface area contributed by atoms with Gasteiger partial charge >= 0.3 is 0 Å². The van der Waals surface area contributed by atoms with Crippen molar-refractivity contribution in [2.75, 3.05) is 0 Å². The number of rotatable bonds is 3. The minimum atomic E-state index is 0.816. The molecule has 3 rings (SSSR count). The van der Waals surface area contributed by atoms with Crippen molar-refractivity contribution in [2.45, 2.75) is 38.5 Å². The second-order valence-corrected chi connectivity index (χ2v) is 5.53. The summed E-state index contributed by atoms with van der Waals surface area (Å²) < 4.78 is 0.816. The van der Waals surface area contributed by atoms with Crippen LogP contribution in [0.25, 0.3) is 0 Å². The van der Waals surface area contributed by atoms with E-state index in [1.807, 2.05) is 6.07 Å². The van der Waals surface area contributed by atoms with Crippen molar-refractivity contribution in [2.24, 2.45) is 0 Å². The predicted molar refractivity (Wildman–Crippen MR) is 79.9 cm³/mol. The minimum Gasteiger partial charge on any atom is -0.347 e. The second kappa shape index (κ2) is 5.66. The molecule has 1 aromatic heterocycles. The summed E-state index contributed by atoms with van der Waals surface area (Å²) in [5.74, 6) is 1.04. The van der Waals surface area contributed by atoms with Crippen LogP contribution in [0.5, 0.6) is 0 Å². The normalized spacial score (nSPS) is 14.1. The summed E-state index contributed by atoms with van der Waals surface area (Å²) in [5, 5.41) is 0. The Labute approximate surface area is 118 Å². The third-order valence-corrected chi connectivity index (χ3v) is 4.09. The van der Waals surface area contributed by atoms with Crippen molar-refractivity contribution >= 4 is 12.2 Å². The molecule has 1 N–H and O–H groups in total. The summed E-state index contributed by atoms with van der Waals surface area (Å²) >= 11 is 5.43. The predicted octanol–water partition coefficient (Wildman–Crippen LogP) is 3.80. The second-order valence-electron chi connectivity index (χ2n) is 5.14. The molecule has 0 unspecified atom stereocenters. The largest absolute Gasteiger partial charge is 0.347 e. The maximum atomic E-state index is 5.43. The zero-order valence-electron chi connectivity index (χ0n) is 11.0. The van der Waals surface area contributed by atoms with Gasteiger partial charge in [-0.2, -0.15) is 0 Å². The molecule has 2 nitrogen and oxygen atoms in total. The van der Waals surface area contributed by atoms with Gasteiger partial charge in [0.15, 0.2) is 0 Å². The van der Waals surface area contributed by atoms with E-state index < -0.39 is 0 Å². The lowest BCUT2D eigenvalue weighted by Crippen LogP contribution is -2.11. The molecule has 19 heavy (non-hydrogen) atoms. The molecule has 0 bridgehead atoms. The van der Waals surface area contributed by atoms with Gasteiger partial charge in [0.1, 0.15) is 10.5 Å². The fourth-order valence-corrected chi connectivity index (χ4v) is 3.03. The van der Waals surface area contributed by atoms with Gasteiger partial charge in [-0.1, -0.05) is 42.5 Å². The number of fused-ring (bicyclic) bond motifs is 1. The van der Waals surface area contributed by atoms with Gasteiger partial charge in [0.2, 0.25) is 0 Å². The molecule has 0 saturated heterocycles. The molecule has 0 spiro atoms. The van der Waals surface area contributed by atoms with Gasteiger partial charge < -0.3 is 4.98 Å². The van der Waals surface area contributed by atoms with E-state index in [0.29, 0.717) is 0 Å². The van der Waals surface area contributed by atoms with Gasteiger partial charge in [0.05, 0.1) is 0 Å². The number of hydrogen-bond donors (Lipinski definition) is 1. The quantitative estimate of drug-likeness (QED) is 0.859. The van der Waals surface area contributed by atoms with Crippen molar-refractivity contribution < 1.29 is 0 Å². The summed E-state index contributed by atoms with van der Waals surface area (Å²) in [6.45, 7) is 0. The lowest BCUT2D eigenvalue weighted by atomic mass is 9.97. The van der Waals surface area contributed by atoms with Gasteiger partial charge in [-0.3, -0.25) is 0 Å². The molecular weight excluding hydrogens is 252 g/mol. The molecule has 1 aromatic carbocycles. The number of benzene rings is 1. The van der Waals surface area contributed by atoms with Gasteiger partial charge in [-0.15, -0.1) is 0 Å². The van der Waals surface area contributed by atoms with Crippen LogP contribution in [0.1, 0.15) is 35.5 Å². The average Bonchev–Trinajstić information content (AvgIpc) is 2.46. The van der Waals surface area contributed by atoms with Crippen molar-refractivity contribution in [3.05, 3.63) is 57.6 Å². The van der Waals surface area contributed by atoms with E-state index >= 15 is 0 Å². The number of aromatic amines is 1. The number of aromatic nitrogens is 2. The molecule has 98 valence electrons. The molecule has 0 amide bonds. The fourth-order valence-electron chi connectivity index (χ4n) is 2.70. The van der Waals surface area contributed by atoms with E-state index in [9.17, 15) is 0 Å². The van der Waals surface area contributed by atoms with E-state index in [1.54, 1.807) is 0 Å². The Morgan fingerprint density at radius 2 is 1.84 bits per heavy atom. The highest BCUT2D eigenvalue weighted by molar-refractivity contribution is 7.71. The van der Waals surface area contributed by atoms with E-state index in [1.165, 1.54) is 29.7 Å². The van der Waals surface area contributed by atoms with Crippen molar-refractivity contribution in [1.82, 2.24) is 9.97 Å². The minimum absolute atomic E-state index is 0.816. The number of aryl methyl sites for hydroxylation is 3. The number of H-pyrrole nitrogens is 1. The van der Waals surface area contributed by atoms with E-state index in [4.69, 9.17) is 12.2 Å². The lowest BCUT2D eigenvalue weighted by Gasteiger charge is -2.16. The third-order valence-electron chi connectivity index (χ3n) is 3.75. The fraction of sp³-hybridized carbons (Fsp3) is 0.375. The SMILES string of the molecule is S=c1nc(CCc2ccccc2)[nH]c2c1CCCC2. The van der Waals surface area contributed by atoms with Crippen molar-refractivity contribution in [1.29, 1.82) is 0 Å². The first-order chi connectivity index (χ1) is 9.33. The molecule has 1 heterocycles. The third kappa shape index (κ3) is 2.92. The Morgan fingerprint density at radius 3 is 2.68 bits per heavy atom. The standard InChI is InChI=1S/C16H18N2S/c19-16-13-8-4-5-9-14(13)17-15(18-16)11-10-12-6-2-1-3-7-12/h1-3,6-7H,4-5,8-11H2,(H,17,18,19). The summed E-state index contributed by atoms with van der Waals surface area (Å²) in [6, 6.07) is 10.5. The Bertz CT molecular complexity index is 616. The van der Waals surface area contributed by atoms with Crippen LogP contribution in [-0.4, -0.2) is 9.97 Å². The zero-order chi connectivity index (χ0) is 13.1. The first kappa shape index (κ1) is 12.5. The van der Waals surface area contributed by atoms with Crippen LogP contribution in [0.3, 0.4) is 0 Å². The Morgan fingerprint density at radius 1 is 1.05 bits per heavy atom. The van der Waals surface area contributed by atoms with E-state index in [-0.39, 0.29) is 0 Å². The molecule has 3 heteroatoms. The van der Waals surface area contributed by atoms with Gasteiger partial charge in [0, 0.05) is 17.7 Å². The van der Waals surface area contributed by atoms with Crippen LogP contribution in [0.4, 0.5) is 0 Å². The Hall–Kier alpha value is -1.48.